The predicted octanol–water partition coefficient (Wildman–Crippen LogP) is 1.65. The van der Waals surface area contributed by atoms with Gasteiger partial charge in [-0.1, -0.05) is 0 Å². The Labute approximate surface area is 169 Å². The van der Waals surface area contributed by atoms with E-state index >= 15 is 0 Å². The third-order valence-corrected chi connectivity index (χ3v) is 5.32. The maximum Gasteiger partial charge on any atom is 0.258 e. The first-order valence-electron chi connectivity index (χ1n) is 9.63. The number of nitrogen functional groups attached to an aromatic ring is 1. The van der Waals surface area contributed by atoms with E-state index in [1.54, 1.807) is 17.2 Å². The minimum absolute atomic E-state index is 0.0541. The number of amides is 1. The molecule has 1 amide bonds. The Hall–Kier alpha value is -3.50. The molecule has 2 aliphatic rings. The minimum atomic E-state index is -1.14. The van der Waals surface area contributed by atoms with E-state index in [9.17, 15) is 13.6 Å². The van der Waals surface area contributed by atoms with Gasteiger partial charge in [-0.25, -0.2) is 23.3 Å². The van der Waals surface area contributed by atoms with Crippen molar-refractivity contribution in [3.8, 4) is 5.88 Å². The molecule has 156 valence electrons. The first-order valence-corrected chi connectivity index (χ1v) is 9.63. The topological polar surface area (TPSA) is 111 Å². The Bertz CT molecular complexity index is 1140. The highest BCUT2D eigenvalue weighted by Gasteiger charge is 2.37. The van der Waals surface area contributed by atoms with Gasteiger partial charge in [-0.15, -0.1) is 5.10 Å². The molecule has 3 aromatic rings. The van der Waals surface area contributed by atoms with E-state index in [0.717, 1.165) is 6.20 Å². The van der Waals surface area contributed by atoms with Crippen molar-refractivity contribution in [2.45, 2.75) is 25.1 Å². The van der Waals surface area contributed by atoms with E-state index in [-0.39, 0.29) is 42.5 Å². The number of hydrogen-bond acceptors (Lipinski definition) is 7. The summed E-state index contributed by atoms with van der Waals surface area (Å²) in [7, 11) is 0. The van der Waals surface area contributed by atoms with E-state index in [1.165, 1.54) is 10.6 Å². The van der Waals surface area contributed by atoms with Crippen molar-refractivity contribution < 1.29 is 18.3 Å². The lowest BCUT2D eigenvalue weighted by molar-refractivity contribution is 0.0953. The number of alkyl halides is 1. The second-order valence-electron chi connectivity index (χ2n) is 7.32. The Morgan fingerprint density at radius 3 is 3.10 bits per heavy atom. The smallest absolute Gasteiger partial charge is 0.258 e. The summed E-state index contributed by atoms with van der Waals surface area (Å²) in [4.78, 5) is 23.0. The van der Waals surface area contributed by atoms with Crippen LogP contribution < -0.4 is 20.7 Å². The Balaban J connectivity index is 1.68. The van der Waals surface area contributed by atoms with E-state index in [0.29, 0.717) is 24.3 Å². The van der Waals surface area contributed by atoms with Gasteiger partial charge in [-0.2, -0.15) is 0 Å². The minimum Gasteiger partial charge on any atom is -0.477 e. The molecule has 1 unspecified atom stereocenters. The summed E-state index contributed by atoms with van der Waals surface area (Å²) < 4.78 is 35.7. The average Bonchev–Trinajstić information content (AvgIpc) is 3.26. The summed E-state index contributed by atoms with van der Waals surface area (Å²) in [6, 6.07) is 2.46. The van der Waals surface area contributed by atoms with Crippen LogP contribution in [0.15, 0.2) is 24.5 Å². The summed E-state index contributed by atoms with van der Waals surface area (Å²) in [5, 5.41) is 6.91. The van der Waals surface area contributed by atoms with Gasteiger partial charge in [0, 0.05) is 24.7 Å². The molecule has 0 radical (unpaired) electrons. The normalized spacial score (nSPS) is 21.7. The van der Waals surface area contributed by atoms with Crippen LogP contribution in [0.3, 0.4) is 0 Å². The number of nitrogens with zero attached hydrogens (tertiary/aromatic N) is 5. The maximum absolute atomic E-state index is 14.5. The highest BCUT2D eigenvalue weighted by atomic mass is 19.1. The first kappa shape index (κ1) is 18.5. The molecule has 1 fully saturated rings. The number of hydrogen-bond donors (Lipinski definition) is 2. The third kappa shape index (κ3) is 3.06. The van der Waals surface area contributed by atoms with Gasteiger partial charge in [0.05, 0.1) is 25.4 Å². The molecule has 5 rings (SSSR count). The molecular weight excluding hydrogens is 396 g/mol. The number of ether oxygens (including phenoxy) is 1. The van der Waals surface area contributed by atoms with Crippen LogP contribution in [0.4, 0.5) is 20.4 Å². The van der Waals surface area contributed by atoms with Gasteiger partial charge in [-0.05, 0) is 18.6 Å². The van der Waals surface area contributed by atoms with Gasteiger partial charge in [0.15, 0.2) is 11.5 Å². The number of rotatable bonds is 0. The summed E-state index contributed by atoms with van der Waals surface area (Å²) >= 11 is 0. The number of aromatic nitrogens is 4. The highest BCUT2D eigenvalue weighted by molar-refractivity contribution is 6.04. The van der Waals surface area contributed by atoms with Crippen molar-refractivity contribution in [1.82, 2.24) is 24.9 Å². The zero-order valence-electron chi connectivity index (χ0n) is 15.9. The van der Waals surface area contributed by atoms with Crippen molar-refractivity contribution in [3.05, 3.63) is 41.5 Å². The Morgan fingerprint density at radius 1 is 1.37 bits per heavy atom. The number of carbonyl (C=O) groups excluding carboxylic acids is 1. The largest absolute Gasteiger partial charge is 0.477 e. The summed E-state index contributed by atoms with van der Waals surface area (Å²) in [5.41, 5.74) is 6.85. The molecule has 11 heteroatoms. The molecule has 2 aliphatic heterocycles. The van der Waals surface area contributed by atoms with Crippen LogP contribution in [-0.4, -0.2) is 51.4 Å². The van der Waals surface area contributed by atoms with Crippen LogP contribution in [0.1, 0.15) is 34.8 Å². The average molecular weight is 415 g/mol. The van der Waals surface area contributed by atoms with Crippen molar-refractivity contribution in [1.29, 1.82) is 0 Å². The lowest BCUT2D eigenvalue weighted by atomic mass is 10.1. The van der Waals surface area contributed by atoms with E-state index < -0.39 is 23.9 Å². The second kappa shape index (κ2) is 7.08. The van der Waals surface area contributed by atoms with Crippen LogP contribution >= 0.6 is 0 Å². The summed E-state index contributed by atoms with van der Waals surface area (Å²) in [6.07, 6.45) is 2.17. The van der Waals surface area contributed by atoms with E-state index in [1.807, 2.05) is 0 Å². The fourth-order valence-electron chi connectivity index (χ4n) is 3.98. The van der Waals surface area contributed by atoms with Gasteiger partial charge in [0.1, 0.15) is 23.4 Å². The van der Waals surface area contributed by atoms with Crippen LogP contribution in [-0.2, 0) is 0 Å². The van der Waals surface area contributed by atoms with Gasteiger partial charge in [-0.3, -0.25) is 4.79 Å². The number of fused-ring (bicyclic) bond motifs is 5. The zero-order chi connectivity index (χ0) is 20.8. The molecule has 2 bridgehead atoms. The van der Waals surface area contributed by atoms with Gasteiger partial charge < -0.3 is 20.7 Å². The molecule has 2 atom stereocenters. The molecular formula is C19H19F2N7O2. The lowest BCUT2D eigenvalue weighted by Gasteiger charge is -2.27. The van der Waals surface area contributed by atoms with Gasteiger partial charge >= 0.3 is 0 Å². The molecule has 1 saturated heterocycles. The summed E-state index contributed by atoms with van der Waals surface area (Å²) in [5.74, 6) is -0.194. The van der Waals surface area contributed by atoms with E-state index in [4.69, 9.17) is 10.5 Å². The lowest BCUT2D eigenvalue weighted by Crippen LogP contribution is -2.28. The SMILES string of the molecule is Nc1nn2ccc3nc2c1C(=O)NCCCOc1ncc(F)cc1C1C[C@@H](F)CN31. The molecule has 0 aromatic carbocycles. The Kier molecular flexibility index (Phi) is 4.37. The number of nitrogens with one attached hydrogen (secondary N) is 1. The second-order valence-corrected chi connectivity index (χ2v) is 7.32. The van der Waals surface area contributed by atoms with Crippen LogP contribution in [0, 0.1) is 5.82 Å². The number of anilines is 2. The molecule has 30 heavy (non-hydrogen) atoms. The molecule has 0 aliphatic carbocycles. The van der Waals surface area contributed by atoms with Crippen molar-refractivity contribution in [2.24, 2.45) is 0 Å². The molecule has 0 spiro atoms. The number of nitrogens with two attached hydrogens (primary N) is 1. The van der Waals surface area contributed by atoms with Crippen LogP contribution in [0.2, 0.25) is 0 Å². The molecule has 3 aromatic heterocycles. The standard InChI is InChI=1S/C19H19F2N7O2/c20-10-6-12-13-7-11(21)9-27(13)14-2-4-28-17(25-14)15(16(22)26-28)18(29)23-3-1-5-30-19(12)24-8-10/h2,4,6,8,11,13H,1,3,5,7,9H2,(H2,22,26)(H,23,29)/t11-,13?/m1/s1. The molecule has 9 nitrogen and oxygen atoms in total. The summed E-state index contributed by atoms with van der Waals surface area (Å²) in [6.45, 7) is 0.642. The fourth-order valence-corrected chi connectivity index (χ4v) is 3.98. The van der Waals surface area contributed by atoms with Crippen LogP contribution in [0.5, 0.6) is 5.88 Å². The fraction of sp³-hybridized carbons (Fsp3) is 0.368. The van der Waals surface area contributed by atoms with E-state index in [2.05, 4.69) is 20.4 Å². The van der Waals surface area contributed by atoms with Crippen LogP contribution in [0.25, 0.3) is 5.65 Å². The number of halogens is 2. The van der Waals surface area contributed by atoms with Crippen molar-refractivity contribution in [3.63, 3.8) is 0 Å². The third-order valence-electron chi connectivity index (χ3n) is 5.32. The highest BCUT2D eigenvalue weighted by Crippen LogP contribution is 2.40. The monoisotopic (exact) mass is 415 g/mol. The molecule has 0 saturated carbocycles. The van der Waals surface area contributed by atoms with Crippen molar-refractivity contribution >= 4 is 23.2 Å². The molecule has 3 N–H and O–H groups in total. The number of pyridine rings is 1. The van der Waals surface area contributed by atoms with Crippen molar-refractivity contribution in [2.75, 3.05) is 30.3 Å². The Morgan fingerprint density at radius 2 is 2.23 bits per heavy atom. The van der Waals surface area contributed by atoms with Gasteiger partial charge in [0.2, 0.25) is 5.88 Å². The quantitative estimate of drug-likeness (QED) is 0.574. The first-order chi connectivity index (χ1) is 14.5. The number of carbonyl (C=O) groups is 1. The zero-order valence-corrected chi connectivity index (χ0v) is 15.9. The maximum atomic E-state index is 14.5. The predicted molar refractivity (Wildman–Crippen MR) is 104 cm³/mol. The van der Waals surface area contributed by atoms with Gasteiger partial charge in [0.25, 0.3) is 5.91 Å². The molecule has 5 heterocycles.